The van der Waals surface area contributed by atoms with Crippen LogP contribution in [0.4, 0.5) is 0 Å². The highest BCUT2D eigenvalue weighted by atomic mass is 35.5. The van der Waals surface area contributed by atoms with E-state index in [9.17, 15) is 10.2 Å². The number of hydrogen-bond donors (Lipinski definition) is 2. The lowest BCUT2D eigenvalue weighted by Gasteiger charge is -2.27. The van der Waals surface area contributed by atoms with Crippen molar-refractivity contribution in [2.24, 2.45) is 0 Å². The molecule has 0 unspecified atom stereocenters. The van der Waals surface area contributed by atoms with Crippen LogP contribution in [0.25, 0.3) is 0 Å². The number of benzene rings is 3. The lowest BCUT2D eigenvalue weighted by atomic mass is 9.84. The molecule has 156 valence electrons. The van der Waals surface area contributed by atoms with Crippen molar-refractivity contribution in [1.29, 1.82) is 0 Å². The molecule has 0 spiro atoms. The lowest BCUT2D eigenvalue weighted by molar-refractivity contribution is 0.0864. The highest BCUT2D eigenvalue weighted by molar-refractivity contribution is 5.85. The Morgan fingerprint density at radius 2 is 1.23 bits per heavy atom. The molecule has 0 heterocycles. The van der Waals surface area contributed by atoms with Gasteiger partial charge in [0.2, 0.25) is 0 Å². The van der Waals surface area contributed by atoms with Crippen LogP contribution < -0.4 is 0 Å². The number of aliphatic hydroxyl groups excluding tert-OH is 1. The molecule has 0 fully saturated rings. The Bertz CT molecular complexity index is 881. The third-order valence-electron chi connectivity index (χ3n) is 4.94. The molecule has 30 heavy (non-hydrogen) atoms. The summed E-state index contributed by atoms with van der Waals surface area (Å²) in [7, 11) is 0. The zero-order valence-corrected chi connectivity index (χ0v) is 17.8. The van der Waals surface area contributed by atoms with Gasteiger partial charge in [-0.1, -0.05) is 103 Å². The van der Waals surface area contributed by atoms with Gasteiger partial charge in [-0.2, -0.15) is 0 Å². The summed E-state index contributed by atoms with van der Waals surface area (Å²) in [5, 5.41) is 20.9. The van der Waals surface area contributed by atoms with Gasteiger partial charge in [-0.15, -0.1) is 12.4 Å². The van der Waals surface area contributed by atoms with Crippen LogP contribution in [0.5, 0.6) is 0 Å². The first kappa shape index (κ1) is 23.7. The molecule has 2 N–H and O–H groups in total. The van der Waals surface area contributed by atoms with Crippen LogP contribution >= 0.6 is 12.4 Å². The number of hydrogen-bond acceptors (Lipinski definition) is 3. The van der Waals surface area contributed by atoms with Gasteiger partial charge in [0.1, 0.15) is 5.60 Å². The van der Waals surface area contributed by atoms with Crippen LogP contribution in [0.15, 0.2) is 91.0 Å². The van der Waals surface area contributed by atoms with Gasteiger partial charge in [-0.3, -0.25) is 4.90 Å². The predicted octanol–water partition coefficient (Wildman–Crippen LogP) is 4.23. The number of halogens is 1. The summed E-state index contributed by atoms with van der Waals surface area (Å²) in [5.74, 6) is 6.36. The Kier molecular flexibility index (Phi) is 9.60. The molecule has 3 aromatic rings. The van der Waals surface area contributed by atoms with E-state index in [1.165, 1.54) is 5.56 Å². The highest BCUT2D eigenvalue weighted by Crippen LogP contribution is 2.32. The molecule has 0 aromatic heterocycles. The molecule has 3 aromatic carbocycles. The molecule has 0 bridgehead atoms. The van der Waals surface area contributed by atoms with Gasteiger partial charge in [-0.05, 0) is 16.7 Å². The maximum Gasteiger partial charge on any atom is 0.125 e. The second kappa shape index (κ2) is 12.2. The highest BCUT2D eigenvalue weighted by Gasteiger charge is 2.30. The van der Waals surface area contributed by atoms with Crippen LogP contribution in [0.2, 0.25) is 0 Å². The Balaban J connectivity index is 0.00000320. The minimum atomic E-state index is -1.16. The molecule has 0 aliphatic rings. The topological polar surface area (TPSA) is 43.7 Å². The van der Waals surface area contributed by atoms with E-state index in [-0.39, 0.29) is 19.0 Å². The van der Waals surface area contributed by atoms with Crippen LogP contribution in [0, 0.1) is 11.8 Å². The van der Waals surface area contributed by atoms with Crippen LogP contribution in [0.1, 0.15) is 23.1 Å². The predicted molar refractivity (Wildman–Crippen MR) is 124 cm³/mol. The van der Waals surface area contributed by atoms with E-state index in [2.05, 4.69) is 28.9 Å². The molecule has 4 heteroatoms. The van der Waals surface area contributed by atoms with Gasteiger partial charge >= 0.3 is 0 Å². The van der Waals surface area contributed by atoms with E-state index >= 15 is 0 Å². The van der Waals surface area contributed by atoms with Crippen molar-refractivity contribution >= 4 is 12.4 Å². The van der Waals surface area contributed by atoms with Crippen molar-refractivity contribution in [3.63, 3.8) is 0 Å². The second-order valence-corrected chi connectivity index (χ2v) is 7.04. The summed E-state index contributed by atoms with van der Waals surface area (Å²) in [5.41, 5.74) is 1.69. The van der Waals surface area contributed by atoms with Crippen LogP contribution in [0.3, 0.4) is 0 Å². The minimum Gasteiger partial charge on any atom is -0.395 e. The standard InChI is InChI=1S/C26H27NO2.ClH/c28-21-20-27(22-23-12-4-1-5-13-23)19-11-10-18-26(29,24-14-6-2-7-15-24)25-16-8-3-9-17-25;/h1-9,12-17,28-29H,18-22H2;1H. The third kappa shape index (κ3) is 6.45. The van der Waals surface area contributed by atoms with Gasteiger partial charge in [0.25, 0.3) is 0 Å². The largest absolute Gasteiger partial charge is 0.395 e. The third-order valence-corrected chi connectivity index (χ3v) is 4.94. The van der Waals surface area contributed by atoms with Gasteiger partial charge in [0.05, 0.1) is 13.2 Å². The molecule has 3 rings (SSSR count). The summed E-state index contributed by atoms with van der Waals surface area (Å²) >= 11 is 0. The van der Waals surface area contributed by atoms with Crippen LogP contribution in [-0.4, -0.2) is 34.8 Å². The maximum absolute atomic E-state index is 11.5. The summed E-state index contributed by atoms with van der Waals surface area (Å²) in [4.78, 5) is 2.10. The molecule has 0 saturated carbocycles. The van der Waals surface area contributed by atoms with Crippen molar-refractivity contribution in [3.8, 4) is 11.8 Å². The zero-order valence-electron chi connectivity index (χ0n) is 16.9. The molecule has 0 saturated heterocycles. The second-order valence-electron chi connectivity index (χ2n) is 7.04. The van der Waals surface area contributed by atoms with Crippen molar-refractivity contribution in [1.82, 2.24) is 4.90 Å². The first-order valence-electron chi connectivity index (χ1n) is 9.88. The molecular weight excluding hydrogens is 394 g/mol. The number of rotatable bonds is 8. The Hall–Kier alpha value is -2.61. The van der Waals surface area contributed by atoms with E-state index in [1.54, 1.807) is 0 Å². The molecule has 0 amide bonds. The summed E-state index contributed by atoms with van der Waals surface area (Å²) in [6.45, 7) is 1.92. The average molecular weight is 422 g/mol. The zero-order chi connectivity index (χ0) is 20.4. The lowest BCUT2D eigenvalue weighted by Crippen LogP contribution is -2.28. The van der Waals surface area contributed by atoms with Crippen molar-refractivity contribution in [3.05, 3.63) is 108 Å². The van der Waals surface area contributed by atoms with E-state index in [1.807, 2.05) is 78.9 Å². The molecule has 0 aliphatic heterocycles. The SMILES string of the molecule is Cl.OCCN(CC#CCC(O)(c1ccccc1)c1ccccc1)Cc1ccccc1. The van der Waals surface area contributed by atoms with E-state index in [4.69, 9.17) is 0 Å². The van der Waals surface area contributed by atoms with Gasteiger partial charge in [0.15, 0.2) is 0 Å². The van der Waals surface area contributed by atoms with E-state index in [0.717, 1.165) is 17.7 Å². The fraction of sp³-hybridized carbons (Fsp3) is 0.231. The van der Waals surface area contributed by atoms with Gasteiger partial charge in [-0.25, -0.2) is 0 Å². The summed E-state index contributed by atoms with van der Waals surface area (Å²) in [6.07, 6.45) is 0.305. The van der Waals surface area contributed by atoms with Crippen molar-refractivity contribution in [2.45, 2.75) is 18.6 Å². The van der Waals surface area contributed by atoms with Crippen molar-refractivity contribution < 1.29 is 10.2 Å². The smallest absolute Gasteiger partial charge is 0.125 e. The van der Waals surface area contributed by atoms with E-state index < -0.39 is 5.60 Å². The number of aliphatic hydroxyl groups is 2. The van der Waals surface area contributed by atoms with E-state index in [0.29, 0.717) is 19.5 Å². The molecule has 0 aliphatic carbocycles. The molecule has 0 atom stereocenters. The van der Waals surface area contributed by atoms with Crippen molar-refractivity contribution in [2.75, 3.05) is 19.7 Å². The fourth-order valence-corrected chi connectivity index (χ4v) is 3.35. The average Bonchev–Trinajstić information content (AvgIpc) is 2.78. The molecule has 0 radical (unpaired) electrons. The Labute approximate surface area is 185 Å². The molecule has 3 nitrogen and oxygen atoms in total. The minimum absolute atomic E-state index is 0. The first-order chi connectivity index (χ1) is 14.2. The summed E-state index contributed by atoms with van der Waals surface area (Å²) in [6, 6.07) is 29.5. The number of nitrogens with zero attached hydrogens (tertiary/aromatic N) is 1. The fourth-order valence-electron chi connectivity index (χ4n) is 3.35. The van der Waals surface area contributed by atoms with Crippen LogP contribution in [-0.2, 0) is 12.1 Å². The van der Waals surface area contributed by atoms with Gasteiger partial charge in [0, 0.05) is 19.5 Å². The summed E-state index contributed by atoms with van der Waals surface area (Å²) < 4.78 is 0. The quantitative estimate of drug-likeness (QED) is 0.535. The first-order valence-corrected chi connectivity index (χ1v) is 9.88. The Morgan fingerprint density at radius 3 is 1.73 bits per heavy atom. The normalized spacial score (nSPS) is 10.8. The Morgan fingerprint density at radius 1 is 0.733 bits per heavy atom. The monoisotopic (exact) mass is 421 g/mol. The molecular formula is C26H28ClNO2. The van der Waals surface area contributed by atoms with Gasteiger partial charge < -0.3 is 10.2 Å². The maximum atomic E-state index is 11.5.